The van der Waals surface area contributed by atoms with E-state index in [-0.39, 0.29) is 24.1 Å². The normalized spacial score (nSPS) is 12.1. The van der Waals surface area contributed by atoms with Crippen LogP contribution in [0.5, 0.6) is 0 Å². The van der Waals surface area contributed by atoms with Crippen molar-refractivity contribution in [2.75, 3.05) is 5.32 Å². The van der Waals surface area contributed by atoms with Gasteiger partial charge in [-0.3, -0.25) is 4.79 Å². The number of nitriles is 1. The molecule has 1 unspecified atom stereocenters. The second kappa shape index (κ2) is 8.58. The number of benzene rings is 2. The molecule has 1 atom stereocenters. The van der Waals surface area contributed by atoms with E-state index in [9.17, 15) is 18.0 Å². The Hall–Kier alpha value is -3.01. The molecule has 0 bridgehead atoms. The Morgan fingerprint density at radius 1 is 1.22 bits per heavy atom. The molecule has 0 spiro atoms. The lowest BCUT2D eigenvalue weighted by atomic mass is 10.1. The van der Waals surface area contributed by atoms with E-state index in [0.717, 1.165) is 24.1 Å². The van der Waals surface area contributed by atoms with Gasteiger partial charge < -0.3 is 10.6 Å². The molecular formula is C20H20F3N3O. The Morgan fingerprint density at radius 3 is 2.59 bits per heavy atom. The predicted octanol–water partition coefficient (Wildman–Crippen LogP) is 4.72. The molecule has 0 saturated heterocycles. The summed E-state index contributed by atoms with van der Waals surface area (Å²) in [5.74, 6) is -0.182. The minimum atomic E-state index is -4.50. The number of halogens is 3. The van der Waals surface area contributed by atoms with Gasteiger partial charge >= 0.3 is 6.18 Å². The van der Waals surface area contributed by atoms with E-state index in [2.05, 4.69) is 10.6 Å². The van der Waals surface area contributed by atoms with E-state index in [4.69, 9.17) is 5.26 Å². The summed E-state index contributed by atoms with van der Waals surface area (Å²) >= 11 is 0. The summed E-state index contributed by atoms with van der Waals surface area (Å²) in [4.78, 5) is 12.2. The summed E-state index contributed by atoms with van der Waals surface area (Å²) in [6.45, 7) is 4.16. The highest BCUT2D eigenvalue weighted by Crippen LogP contribution is 2.31. The van der Waals surface area contributed by atoms with Crippen molar-refractivity contribution in [2.24, 2.45) is 0 Å². The summed E-state index contributed by atoms with van der Waals surface area (Å²) in [6.07, 6.45) is -3.68. The first-order valence-corrected chi connectivity index (χ1v) is 8.49. The van der Waals surface area contributed by atoms with Crippen molar-refractivity contribution >= 4 is 11.6 Å². The highest BCUT2D eigenvalue weighted by molar-refractivity contribution is 5.94. The Labute approximate surface area is 156 Å². The fraction of sp³-hybridized carbons (Fsp3) is 0.300. The van der Waals surface area contributed by atoms with Gasteiger partial charge in [0.1, 0.15) is 6.07 Å². The molecule has 4 nitrogen and oxygen atoms in total. The van der Waals surface area contributed by atoms with Crippen molar-refractivity contribution in [3.8, 4) is 6.07 Å². The third kappa shape index (κ3) is 5.48. The van der Waals surface area contributed by atoms with Crippen molar-refractivity contribution in [3.05, 3.63) is 64.7 Å². The smallest absolute Gasteiger partial charge is 0.380 e. The van der Waals surface area contributed by atoms with Crippen molar-refractivity contribution < 1.29 is 18.0 Å². The van der Waals surface area contributed by atoms with E-state index in [1.54, 1.807) is 30.3 Å². The molecule has 2 aromatic carbocycles. The van der Waals surface area contributed by atoms with Gasteiger partial charge in [0.05, 0.1) is 16.8 Å². The second-order valence-corrected chi connectivity index (χ2v) is 6.21. The maximum Gasteiger partial charge on any atom is 0.416 e. The number of hydrogen-bond acceptors (Lipinski definition) is 3. The number of alkyl halides is 3. The lowest BCUT2D eigenvalue weighted by Crippen LogP contribution is -2.31. The molecule has 27 heavy (non-hydrogen) atoms. The largest absolute Gasteiger partial charge is 0.416 e. The zero-order valence-electron chi connectivity index (χ0n) is 15.0. The number of amides is 1. The molecule has 0 aliphatic carbocycles. The minimum absolute atomic E-state index is 0.0598. The minimum Gasteiger partial charge on any atom is -0.380 e. The number of nitrogens with one attached hydrogen (secondary N) is 2. The second-order valence-electron chi connectivity index (χ2n) is 6.21. The Balaban J connectivity index is 2.12. The van der Waals surface area contributed by atoms with Crippen LogP contribution < -0.4 is 10.6 Å². The first-order valence-electron chi connectivity index (χ1n) is 8.49. The summed E-state index contributed by atoms with van der Waals surface area (Å²) in [7, 11) is 0. The average molecular weight is 375 g/mol. The summed E-state index contributed by atoms with van der Waals surface area (Å²) in [6, 6.07) is 11.8. The number of anilines is 1. The predicted molar refractivity (Wildman–Crippen MR) is 97.1 cm³/mol. The third-order valence-electron chi connectivity index (χ3n) is 4.13. The summed E-state index contributed by atoms with van der Waals surface area (Å²) in [5, 5.41) is 15.0. The van der Waals surface area contributed by atoms with Crippen LogP contribution in [0.1, 0.15) is 47.3 Å². The molecule has 0 radical (unpaired) electrons. The topological polar surface area (TPSA) is 64.9 Å². The first kappa shape index (κ1) is 20.3. The van der Waals surface area contributed by atoms with Gasteiger partial charge in [0.2, 0.25) is 0 Å². The van der Waals surface area contributed by atoms with Gasteiger partial charge in [-0.2, -0.15) is 18.4 Å². The molecule has 0 saturated carbocycles. The maximum absolute atomic E-state index is 12.8. The van der Waals surface area contributed by atoms with E-state index < -0.39 is 11.7 Å². The summed E-state index contributed by atoms with van der Waals surface area (Å²) < 4.78 is 38.3. The zero-order chi connectivity index (χ0) is 20.0. The van der Waals surface area contributed by atoms with Gasteiger partial charge in [-0.1, -0.05) is 19.1 Å². The molecule has 1 amide bonds. The third-order valence-corrected chi connectivity index (χ3v) is 4.13. The number of rotatable bonds is 6. The van der Waals surface area contributed by atoms with Crippen LogP contribution in [0.3, 0.4) is 0 Å². The van der Waals surface area contributed by atoms with Crippen LogP contribution in [0, 0.1) is 11.3 Å². The van der Waals surface area contributed by atoms with E-state index in [0.29, 0.717) is 11.3 Å². The van der Waals surface area contributed by atoms with Crippen LogP contribution in [0.15, 0.2) is 42.5 Å². The fourth-order valence-corrected chi connectivity index (χ4v) is 2.40. The lowest BCUT2D eigenvalue weighted by Gasteiger charge is -2.13. The Kier molecular flexibility index (Phi) is 6.45. The number of carbonyl (C=O) groups is 1. The molecule has 0 fully saturated rings. The zero-order valence-corrected chi connectivity index (χ0v) is 15.0. The first-order chi connectivity index (χ1) is 12.7. The Bertz CT molecular complexity index is 856. The van der Waals surface area contributed by atoms with Crippen LogP contribution in [-0.4, -0.2) is 11.9 Å². The van der Waals surface area contributed by atoms with Crippen LogP contribution >= 0.6 is 0 Å². The quantitative estimate of drug-likeness (QED) is 0.768. The van der Waals surface area contributed by atoms with E-state index in [1.165, 1.54) is 6.07 Å². The van der Waals surface area contributed by atoms with Crippen LogP contribution in [0.4, 0.5) is 18.9 Å². The van der Waals surface area contributed by atoms with Gasteiger partial charge in [0.15, 0.2) is 0 Å². The highest BCUT2D eigenvalue weighted by atomic mass is 19.4. The molecule has 0 heterocycles. The lowest BCUT2D eigenvalue weighted by molar-refractivity contribution is -0.137. The average Bonchev–Trinajstić information content (AvgIpc) is 2.65. The maximum atomic E-state index is 12.8. The molecule has 0 aromatic heterocycles. The highest BCUT2D eigenvalue weighted by Gasteiger charge is 2.31. The SMILES string of the molecule is CCC(C)NC(=O)c1cccc(CNc2ccc(C(F)(F)F)cc2C#N)c1. The van der Waals surface area contributed by atoms with Gasteiger partial charge in [-0.15, -0.1) is 0 Å². The van der Waals surface area contributed by atoms with Crippen molar-refractivity contribution in [1.29, 1.82) is 5.26 Å². The van der Waals surface area contributed by atoms with Crippen molar-refractivity contribution in [3.63, 3.8) is 0 Å². The molecule has 2 rings (SSSR count). The van der Waals surface area contributed by atoms with Gasteiger partial charge in [0.25, 0.3) is 5.91 Å². The van der Waals surface area contributed by atoms with Gasteiger partial charge in [0, 0.05) is 18.2 Å². The Morgan fingerprint density at radius 2 is 1.96 bits per heavy atom. The molecule has 0 aliphatic heterocycles. The molecule has 142 valence electrons. The summed E-state index contributed by atoms with van der Waals surface area (Å²) in [5.41, 5.74) is 0.627. The molecule has 2 N–H and O–H groups in total. The van der Waals surface area contributed by atoms with E-state index >= 15 is 0 Å². The molecular weight excluding hydrogens is 355 g/mol. The van der Waals surface area contributed by atoms with Gasteiger partial charge in [-0.25, -0.2) is 0 Å². The van der Waals surface area contributed by atoms with Crippen LogP contribution in [0.2, 0.25) is 0 Å². The monoisotopic (exact) mass is 375 g/mol. The molecule has 7 heteroatoms. The molecule has 2 aromatic rings. The number of carbonyl (C=O) groups excluding carboxylic acids is 1. The van der Waals surface area contributed by atoms with Crippen LogP contribution in [0.25, 0.3) is 0 Å². The molecule has 0 aliphatic rings. The number of hydrogen-bond donors (Lipinski definition) is 2. The standard InChI is InChI=1S/C20H20F3N3O/c1-3-13(2)26-19(27)15-6-4-5-14(9-15)12-25-18-8-7-17(20(21,22)23)10-16(18)11-24/h4-10,13,25H,3,12H2,1-2H3,(H,26,27). The number of nitrogens with zero attached hydrogens (tertiary/aromatic N) is 1. The van der Waals surface area contributed by atoms with Gasteiger partial charge in [-0.05, 0) is 49.2 Å². The van der Waals surface area contributed by atoms with Crippen molar-refractivity contribution in [2.45, 2.75) is 39.0 Å². The van der Waals surface area contributed by atoms with Crippen LogP contribution in [-0.2, 0) is 12.7 Å². The van der Waals surface area contributed by atoms with E-state index in [1.807, 2.05) is 13.8 Å². The fourth-order valence-electron chi connectivity index (χ4n) is 2.40. The van der Waals surface area contributed by atoms with Crippen molar-refractivity contribution in [1.82, 2.24) is 5.32 Å².